The third kappa shape index (κ3) is 5.79. The van der Waals surface area contributed by atoms with Gasteiger partial charge in [0.05, 0.1) is 34.3 Å². The molecule has 2 aromatic carbocycles. The molecule has 1 aliphatic rings. The molecule has 2 heterocycles. The van der Waals surface area contributed by atoms with Gasteiger partial charge in [0, 0.05) is 5.02 Å². The third-order valence-corrected chi connectivity index (χ3v) is 7.44. The number of allylic oxidation sites excluding steroid dienone is 1. The van der Waals surface area contributed by atoms with Gasteiger partial charge in [-0.15, -0.1) is 0 Å². The van der Waals surface area contributed by atoms with Crippen LogP contribution in [0.15, 0.2) is 61.9 Å². The summed E-state index contributed by atoms with van der Waals surface area (Å²) in [6, 6.07) is 9.27. The van der Waals surface area contributed by atoms with E-state index in [1.54, 1.807) is 6.07 Å². The van der Waals surface area contributed by atoms with E-state index in [0.717, 1.165) is 15.9 Å². The molecule has 0 unspecified atom stereocenters. The van der Waals surface area contributed by atoms with Crippen LogP contribution in [0.4, 0.5) is 13.2 Å². The smallest absolute Gasteiger partial charge is 0.434 e. The summed E-state index contributed by atoms with van der Waals surface area (Å²) in [4.78, 5) is 30.1. The molecule has 0 aliphatic carbocycles. The van der Waals surface area contributed by atoms with E-state index < -0.39 is 35.0 Å². The number of carbonyl (C=O) groups excluding carboxylic acids is 1. The highest BCUT2D eigenvalue weighted by Gasteiger charge is 2.45. The SMILES string of the molecule is CCOC(=O)C1=C(C(F)(F)F)N=c2s/c(=C\c3cc(Br)c(OCC#N)c(OC)c3)c(=O)n2[C@@H]1c1ccc(Cl)cc1. The van der Waals surface area contributed by atoms with Gasteiger partial charge in [-0.2, -0.15) is 18.4 Å². The van der Waals surface area contributed by atoms with Gasteiger partial charge in [-0.1, -0.05) is 35.1 Å². The lowest BCUT2D eigenvalue weighted by molar-refractivity contribution is -0.140. The Morgan fingerprint density at radius 3 is 2.60 bits per heavy atom. The van der Waals surface area contributed by atoms with E-state index in [0.29, 0.717) is 15.1 Å². The Morgan fingerprint density at radius 1 is 1.30 bits per heavy atom. The van der Waals surface area contributed by atoms with Crippen LogP contribution >= 0.6 is 38.9 Å². The van der Waals surface area contributed by atoms with Crippen molar-refractivity contribution < 1.29 is 32.2 Å². The number of hydrogen-bond acceptors (Lipinski definition) is 8. The number of alkyl halides is 3. The fourth-order valence-electron chi connectivity index (χ4n) is 4.02. The number of halogens is 5. The summed E-state index contributed by atoms with van der Waals surface area (Å²) in [5.74, 6) is -0.722. The van der Waals surface area contributed by atoms with Crippen molar-refractivity contribution in [2.24, 2.45) is 4.99 Å². The standard InChI is InChI=1S/C26H18BrClF3N3O5S/c1-3-38-24(36)19-20(14-4-6-15(28)7-5-14)34-23(35)18(40-25(34)33-22(19)26(29,30)31)12-13-10-16(27)21(39-9-8-32)17(11-13)37-2/h4-7,10-12,20H,3,9H2,1-2H3/b18-12-/t20-/m1/s1. The summed E-state index contributed by atoms with van der Waals surface area (Å²) >= 11 is 10.1. The maximum atomic E-state index is 14.2. The van der Waals surface area contributed by atoms with Crippen molar-refractivity contribution in [3.8, 4) is 17.6 Å². The van der Waals surface area contributed by atoms with Crippen molar-refractivity contribution in [2.75, 3.05) is 20.3 Å². The lowest BCUT2D eigenvalue weighted by atomic mass is 9.95. The number of esters is 1. The molecule has 0 N–H and O–H groups in total. The van der Waals surface area contributed by atoms with Crippen molar-refractivity contribution >= 4 is 50.9 Å². The van der Waals surface area contributed by atoms with Gasteiger partial charge in [0.15, 0.2) is 28.6 Å². The van der Waals surface area contributed by atoms with Crippen LogP contribution < -0.4 is 24.4 Å². The number of rotatable bonds is 7. The second-order valence-corrected chi connectivity index (χ2v) is 10.4. The van der Waals surface area contributed by atoms with Crippen molar-refractivity contribution in [1.82, 2.24) is 4.57 Å². The van der Waals surface area contributed by atoms with Crippen LogP contribution in [0.25, 0.3) is 6.08 Å². The zero-order chi connectivity index (χ0) is 29.2. The number of hydrogen-bond donors (Lipinski definition) is 0. The molecular formula is C26H18BrClF3N3O5S. The second kappa shape index (κ2) is 11.9. The highest BCUT2D eigenvalue weighted by atomic mass is 79.9. The molecule has 0 fully saturated rings. The molecule has 0 amide bonds. The van der Waals surface area contributed by atoms with Crippen LogP contribution in [0.1, 0.15) is 24.1 Å². The predicted molar refractivity (Wildman–Crippen MR) is 144 cm³/mol. The normalized spacial score (nSPS) is 15.2. The Morgan fingerprint density at radius 2 is 2.00 bits per heavy atom. The minimum absolute atomic E-state index is 0.0454. The maximum Gasteiger partial charge on any atom is 0.434 e. The first-order valence-corrected chi connectivity index (χ1v) is 13.4. The van der Waals surface area contributed by atoms with Gasteiger partial charge in [0.1, 0.15) is 6.07 Å². The molecule has 0 spiro atoms. The number of nitrogens with zero attached hydrogens (tertiary/aromatic N) is 3. The number of thiazole rings is 1. The molecule has 40 heavy (non-hydrogen) atoms. The predicted octanol–water partition coefficient (Wildman–Crippen LogP) is 4.67. The number of nitriles is 1. The average Bonchev–Trinajstić information content (AvgIpc) is 3.21. The molecule has 3 aromatic rings. The van der Waals surface area contributed by atoms with Crippen LogP contribution in [-0.2, 0) is 9.53 Å². The van der Waals surface area contributed by atoms with Gasteiger partial charge in [-0.3, -0.25) is 9.36 Å². The van der Waals surface area contributed by atoms with Crippen molar-refractivity contribution in [3.63, 3.8) is 0 Å². The zero-order valence-corrected chi connectivity index (χ0v) is 23.9. The summed E-state index contributed by atoms with van der Waals surface area (Å²) in [5, 5.41) is 9.14. The molecule has 1 aromatic heterocycles. The molecule has 0 saturated heterocycles. The molecule has 8 nitrogen and oxygen atoms in total. The van der Waals surface area contributed by atoms with E-state index in [2.05, 4.69) is 20.9 Å². The van der Waals surface area contributed by atoms with E-state index >= 15 is 0 Å². The summed E-state index contributed by atoms with van der Waals surface area (Å²) in [5.41, 5.74) is -2.27. The first kappa shape index (κ1) is 29.4. The van der Waals surface area contributed by atoms with Crippen LogP contribution in [0.3, 0.4) is 0 Å². The van der Waals surface area contributed by atoms with Gasteiger partial charge in [-0.05, 0) is 64.3 Å². The van der Waals surface area contributed by atoms with Crippen molar-refractivity contribution in [2.45, 2.75) is 19.1 Å². The topological polar surface area (TPSA) is 103 Å². The van der Waals surface area contributed by atoms with Gasteiger partial charge in [0.2, 0.25) is 0 Å². The maximum absolute atomic E-state index is 14.2. The number of aromatic nitrogens is 1. The Bertz CT molecular complexity index is 1730. The first-order valence-electron chi connectivity index (χ1n) is 11.4. The second-order valence-electron chi connectivity index (χ2n) is 8.10. The summed E-state index contributed by atoms with van der Waals surface area (Å²) in [7, 11) is 1.39. The molecule has 4 rings (SSSR count). The molecular weight excluding hydrogens is 639 g/mol. The molecule has 14 heteroatoms. The van der Waals surface area contributed by atoms with E-state index in [-0.39, 0.29) is 39.6 Å². The lowest BCUT2D eigenvalue weighted by Crippen LogP contribution is -2.41. The molecule has 0 bridgehead atoms. The van der Waals surface area contributed by atoms with Crippen molar-refractivity contribution in [1.29, 1.82) is 5.26 Å². The Labute approximate surface area is 242 Å². The number of methoxy groups -OCH3 is 1. The van der Waals surface area contributed by atoms with Crippen LogP contribution in [0.5, 0.6) is 11.5 Å². The molecule has 208 valence electrons. The quantitative estimate of drug-likeness (QED) is 0.343. The summed E-state index contributed by atoms with van der Waals surface area (Å²) in [6.07, 6.45) is -3.56. The van der Waals surface area contributed by atoms with Gasteiger partial charge < -0.3 is 14.2 Å². The summed E-state index contributed by atoms with van der Waals surface area (Å²) in [6.45, 7) is 1.04. The monoisotopic (exact) mass is 655 g/mol. The van der Waals surface area contributed by atoms with E-state index in [9.17, 15) is 22.8 Å². The first-order chi connectivity index (χ1) is 19.0. The zero-order valence-electron chi connectivity index (χ0n) is 20.7. The fraction of sp³-hybridized carbons (Fsp3) is 0.231. The van der Waals surface area contributed by atoms with Gasteiger partial charge >= 0.3 is 12.1 Å². The van der Waals surface area contributed by atoms with E-state index in [4.69, 9.17) is 31.1 Å². The van der Waals surface area contributed by atoms with Crippen LogP contribution in [0.2, 0.25) is 5.02 Å². The van der Waals surface area contributed by atoms with Gasteiger partial charge in [-0.25, -0.2) is 9.79 Å². The number of ether oxygens (including phenoxy) is 3. The van der Waals surface area contributed by atoms with E-state index in [1.165, 1.54) is 50.4 Å². The Hall–Kier alpha value is -3.60. The fourth-order valence-corrected chi connectivity index (χ4v) is 5.72. The average molecular weight is 657 g/mol. The summed E-state index contributed by atoms with van der Waals surface area (Å²) < 4.78 is 59.9. The van der Waals surface area contributed by atoms with Gasteiger partial charge in [0.25, 0.3) is 5.56 Å². The third-order valence-electron chi connectivity index (χ3n) is 5.61. The lowest BCUT2D eigenvalue weighted by Gasteiger charge is -2.26. The Kier molecular flexibility index (Phi) is 8.72. The van der Waals surface area contributed by atoms with Crippen LogP contribution in [0, 0.1) is 11.3 Å². The number of fused-ring (bicyclic) bond motifs is 1. The molecule has 1 atom stereocenters. The van der Waals surface area contributed by atoms with E-state index in [1.807, 2.05) is 6.07 Å². The highest BCUT2D eigenvalue weighted by Crippen LogP contribution is 2.39. The van der Waals surface area contributed by atoms with Crippen molar-refractivity contribution in [3.05, 3.63) is 88.0 Å². The molecule has 0 radical (unpaired) electrons. The minimum Gasteiger partial charge on any atom is -0.493 e. The molecule has 0 saturated carbocycles. The van der Waals surface area contributed by atoms with Crippen LogP contribution in [-0.4, -0.2) is 37.0 Å². The Balaban J connectivity index is 1.99. The largest absolute Gasteiger partial charge is 0.493 e. The highest BCUT2D eigenvalue weighted by molar-refractivity contribution is 9.10. The minimum atomic E-state index is -5.01. The molecule has 1 aliphatic heterocycles. The number of benzene rings is 2. The number of carbonyl (C=O) groups is 1.